The molecule has 0 aromatic heterocycles. The first-order valence-electron chi connectivity index (χ1n) is 9.48. The van der Waals surface area contributed by atoms with Crippen molar-refractivity contribution in [3.63, 3.8) is 0 Å². The molecule has 0 heterocycles. The average Bonchev–Trinajstić information content (AvgIpc) is 2.78. The van der Waals surface area contributed by atoms with Crippen molar-refractivity contribution in [1.29, 1.82) is 0 Å². The van der Waals surface area contributed by atoms with Crippen molar-refractivity contribution < 1.29 is 14.3 Å². The van der Waals surface area contributed by atoms with E-state index in [0.717, 1.165) is 16.3 Å². The highest BCUT2D eigenvalue weighted by Gasteiger charge is 2.16. The van der Waals surface area contributed by atoms with Crippen molar-refractivity contribution in [2.24, 2.45) is 0 Å². The van der Waals surface area contributed by atoms with Gasteiger partial charge in [0.15, 0.2) is 11.5 Å². The summed E-state index contributed by atoms with van der Waals surface area (Å²) in [5.74, 6) is 0.534. The van der Waals surface area contributed by atoms with Gasteiger partial charge in [0.25, 0.3) is 5.91 Å². The van der Waals surface area contributed by atoms with E-state index in [1.807, 2.05) is 72.8 Å². The van der Waals surface area contributed by atoms with E-state index in [4.69, 9.17) is 21.1 Å². The lowest BCUT2D eigenvalue weighted by molar-refractivity contribution is 0.102. The van der Waals surface area contributed by atoms with Crippen molar-refractivity contribution in [3.8, 4) is 11.5 Å². The molecule has 0 aliphatic heterocycles. The van der Waals surface area contributed by atoms with Crippen LogP contribution >= 0.6 is 11.6 Å². The van der Waals surface area contributed by atoms with Gasteiger partial charge in [-0.15, -0.1) is 0 Å². The van der Waals surface area contributed by atoms with E-state index < -0.39 is 0 Å². The largest absolute Gasteiger partial charge is 0.491 e. The molecule has 4 aromatic carbocycles. The topological polar surface area (TPSA) is 47.6 Å². The van der Waals surface area contributed by atoms with Gasteiger partial charge in [0.05, 0.1) is 12.1 Å². The van der Waals surface area contributed by atoms with E-state index in [9.17, 15) is 4.79 Å². The lowest BCUT2D eigenvalue weighted by atomic mass is 10.1. The first kappa shape index (κ1) is 19.8. The first-order valence-corrected chi connectivity index (χ1v) is 9.86. The van der Waals surface area contributed by atoms with Crippen molar-refractivity contribution >= 4 is 34.0 Å². The zero-order valence-electron chi connectivity index (χ0n) is 16.4. The molecule has 0 aliphatic rings. The normalized spacial score (nSPS) is 10.6. The van der Waals surface area contributed by atoms with Gasteiger partial charge in [0.2, 0.25) is 0 Å². The molecule has 0 unspecified atom stereocenters. The van der Waals surface area contributed by atoms with Crippen LogP contribution in [0.5, 0.6) is 11.5 Å². The molecule has 1 N–H and O–H groups in total. The van der Waals surface area contributed by atoms with Crippen molar-refractivity contribution in [2.75, 3.05) is 12.4 Å². The maximum absolute atomic E-state index is 12.9. The smallest absolute Gasteiger partial charge is 0.255 e. The van der Waals surface area contributed by atoms with Gasteiger partial charge >= 0.3 is 0 Å². The third-order valence-electron chi connectivity index (χ3n) is 4.72. The van der Waals surface area contributed by atoms with E-state index in [0.29, 0.717) is 34.4 Å². The Labute approximate surface area is 180 Å². The molecule has 150 valence electrons. The van der Waals surface area contributed by atoms with Gasteiger partial charge in [-0.25, -0.2) is 0 Å². The lowest BCUT2D eigenvalue weighted by Gasteiger charge is -2.14. The van der Waals surface area contributed by atoms with Crippen molar-refractivity contribution in [2.45, 2.75) is 6.61 Å². The molecule has 0 bridgehead atoms. The summed E-state index contributed by atoms with van der Waals surface area (Å²) in [5, 5.41) is 5.40. The second kappa shape index (κ2) is 8.89. The molecule has 0 aliphatic carbocycles. The second-order valence-corrected chi connectivity index (χ2v) is 7.19. The summed E-state index contributed by atoms with van der Waals surface area (Å²) in [6, 6.07) is 26.7. The zero-order valence-corrected chi connectivity index (χ0v) is 17.1. The number of hydrogen-bond acceptors (Lipinski definition) is 3. The number of fused-ring (bicyclic) bond motifs is 1. The highest BCUT2D eigenvalue weighted by Crippen LogP contribution is 2.37. The predicted molar refractivity (Wildman–Crippen MR) is 121 cm³/mol. The number of amides is 1. The van der Waals surface area contributed by atoms with Gasteiger partial charge < -0.3 is 14.8 Å². The maximum atomic E-state index is 12.9. The molecule has 0 spiro atoms. The fourth-order valence-electron chi connectivity index (χ4n) is 3.21. The van der Waals surface area contributed by atoms with Crippen LogP contribution in [0.4, 0.5) is 5.69 Å². The quantitative estimate of drug-likeness (QED) is 0.398. The molecule has 4 nitrogen and oxygen atoms in total. The van der Waals surface area contributed by atoms with Crippen LogP contribution in [-0.2, 0) is 6.61 Å². The number of methoxy groups -OCH3 is 1. The van der Waals surface area contributed by atoms with Crippen LogP contribution in [0.2, 0.25) is 5.02 Å². The molecule has 4 aromatic rings. The average molecular weight is 418 g/mol. The number of carbonyl (C=O) groups excluding carboxylic acids is 1. The molecule has 0 radical (unpaired) electrons. The fraction of sp³-hybridized carbons (Fsp3) is 0.0800. The number of carbonyl (C=O) groups is 1. The van der Waals surface area contributed by atoms with Gasteiger partial charge in [-0.2, -0.15) is 0 Å². The van der Waals surface area contributed by atoms with Gasteiger partial charge in [0, 0.05) is 11.3 Å². The van der Waals surface area contributed by atoms with E-state index in [1.165, 1.54) is 7.11 Å². The number of hydrogen-bond donors (Lipinski definition) is 1. The Morgan fingerprint density at radius 2 is 1.63 bits per heavy atom. The summed E-state index contributed by atoms with van der Waals surface area (Å²) in [6.07, 6.45) is 0. The number of rotatable bonds is 6. The Bertz CT molecular complexity index is 1190. The maximum Gasteiger partial charge on any atom is 0.255 e. The molecule has 0 atom stereocenters. The number of anilines is 1. The summed E-state index contributed by atoms with van der Waals surface area (Å²) in [5.41, 5.74) is 2.09. The molecular formula is C25H20ClNO3. The van der Waals surface area contributed by atoms with Gasteiger partial charge in [-0.1, -0.05) is 72.3 Å². The predicted octanol–water partition coefficient (Wildman–Crippen LogP) is 6.33. The van der Waals surface area contributed by atoms with E-state index in [-0.39, 0.29) is 5.91 Å². The third kappa shape index (κ3) is 4.39. The first-order chi connectivity index (χ1) is 14.6. The van der Waals surface area contributed by atoms with Crippen LogP contribution in [0.25, 0.3) is 10.8 Å². The standard InChI is InChI=1S/C25H20ClNO3/c1-29-24-22(26)14-20(15-23(24)30-16-17-7-3-2-4-8-17)25(28)27-21-12-11-18-9-5-6-10-19(18)13-21/h2-15H,16H2,1H3,(H,27,28). The van der Waals surface area contributed by atoms with Gasteiger partial charge in [-0.3, -0.25) is 4.79 Å². The van der Waals surface area contributed by atoms with Crippen LogP contribution in [0.3, 0.4) is 0 Å². The molecule has 0 fully saturated rings. The Morgan fingerprint density at radius 3 is 2.40 bits per heavy atom. The molecule has 1 amide bonds. The molecule has 0 saturated carbocycles. The zero-order chi connectivity index (χ0) is 20.9. The summed E-state index contributed by atoms with van der Waals surface area (Å²) < 4.78 is 11.3. The number of benzene rings is 4. The van der Waals surface area contributed by atoms with Crippen molar-refractivity contribution in [3.05, 3.63) is 101 Å². The monoisotopic (exact) mass is 417 g/mol. The lowest BCUT2D eigenvalue weighted by Crippen LogP contribution is -2.12. The Hall–Kier alpha value is -3.50. The third-order valence-corrected chi connectivity index (χ3v) is 5.00. The number of ether oxygens (including phenoxy) is 2. The highest BCUT2D eigenvalue weighted by molar-refractivity contribution is 6.32. The summed E-state index contributed by atoms with van der Waals surface area (Å²) in [7, 11) is 1.52. The summed E-state index contributed by atoms with van der Waals surface area (Å²) in [6.45, 7) is 0.337. The van der Waals surface area contributed by atoms with Crippen LogP contribution in [0.1, 0.15) is 15.9 Å². The Kier molecular flexibility index (Phi) is 5.87. The Balaban J connectivity index is 1.57. The van der Waals surface area contributed by atoms with E-state index in [2.05, 4.69) is 5.32 Å². The molecule has 30 heavy (non-hydrogen) atoms. The second-order valence-electron chi connectivity index (χ2n) is 6.78. The van der Waals surface area contributed by atoms with Crippen LogP contribution < -0.4 is 14.8 Å². The highest BCUT2D eigenvalue weighted by atomic mass is 35.5. The SMILES string of the molecule is COc1c(Cl)cc(C(=O)Nc2ccc3ccccc3c2)cc1OCc1ccccc1. The van der Waals surface area contributed by atoms with Gasteiger partial charge in [-0.05, 0) is 40.6 Å². The van der Waals surface area contributed by atoms with E-state index >= 15 is 0 Å². The minimum Gasteiger partial charge on any atom is -0.491 e. The minimum atomic E-state index is -0.278. The number of halogens is 1. The van der Waals surface area contributed by atoms with Crippen LogP contribution in [-0.4, -0.2) is 13.0 Å². The summed E-state index contributed by atoms with van der Waals surface area (Å²) in [4.78, 5) is 12.9. The molecule has 5 heteroatoms. The fourth-order valence-corrected chi connectivity index (χ4v) is 3.50. The Morgan fingerprint density at radius 1 is 0.900 bits per heavy atom. The number of nitrogens with one attached hydrogen (secondary N) is 1. The molecule has 0 saturated heterocycles. The molecular weight excluding hydrogens is 398 g/mol. The van der Waals surface area contributed by atoms with E-state index in [1.54, 1.807) is 12.1 Å². The van der Waals surface area contributed by atoms with Crippen LogP contribution in [0.15, 0.2) is 84.9 Å². The summed E-state index contributed by atoms with van der Waals surface area (Å²) >= 11 is 6.36. The molecule has 4 rings (SSSR count). The van der Waals surface area contributed by atoms with Crippen LogP contribution in [0, 0.1) is 0 Å². The van der Waals surface area contributed by atoms with Crippen molar-refractivity contribution in [1.82, 2.24) is 0 Å². The van der Waals surface area contributed by atoms with Gasteiger partial charge in [0.1, 0.15) is 6.61 Å². The minimum absolute atomic E-state index is 0.278.